The minimum Gasteiger partial charge on any atom is -0.493 e. The molecule has 1 N–H and O–H groups in total. The summed E-state index contributed by atoms with van der Waals surface area (Å²) in [7, 11) is 1.62. The van der Waals surface area contributed by atoms with E-state index in [0.29, 0.717) is 0 Å². The van der Waals surface area contributed by atoms with Crippen molar-refractivity contribution in [2.45, 2.75) is 25.8 Å². The van der Waals surface area contributed by atoms with Gasteiger partial charge in [-0.05, 0) is 31.4 Å². The van der Waals surface area contributed by atoms with Crippen LogP contribution in [0.4, 0.5) is 0 Å². The summed E-state index contributed by atoms with van der Waals surface area (Å²) in [5.74, 6) is 0.902. The van der Waals surface area contributed by atoms with Crippen LogP contribution in [0.3, 0.4) is 0 Å². The number of hydrogen-bond donors (Lipinski definition) is 1. The average molecular weight is 242 g/mol. The Bertz CT molecular complexity index is 382. The molecule has 0 aromatic heterocycles. The monoisotopic (exact) mass is 241 g/mol. The third-order valence-electron chi connectivity index (χ3n) is 2.83. The molecule has 1 aromatic carbocycles. The second-order valence-electron chi connectivity index (χ2n) is 3.97. The second-order valence-corrected chi connectivity index (χ2v) is 4.38. The molecule has 0 aliphatic carbocycles. The zero-order chi connectivity index (χ0) is 11.5. The summed E-state index contributed by atoms with van der Waals surface area (Å²) >= 11 is 6.24. The molecule has 3 nitrogen and oxygen atoms in total. The highest BCUT2D eigenvalue weighted by molar-refractivity contribution is 6.31. The van der Waals surface area contributed by atoms with Crippen LogP contribution in [0.5, 0.6) is 5.75 Å². The molecular formula is C12H16ClNO2. The van der Waals surface area contributed by atoms with Gasteiger partial charge in [-0.25, -0.2) is 0 Å². The Kier molecular flexibility index (Phi) is 3.69. The lowest BCUT2D eigenvalue weighted by molar-refractivity contribution is 0.0580. The zero-order valence-electron chi connectivity index (χ0n) is 9.55. The highest BCUT2D eigenvalue weighted by Crippen LogP contribution is 2.38. The highest BCUT2D eigenvalue weighted by atomic mass is 35.5. The normalized spacial score (nSPS) is 19.8. The first-order chi connectivity index (χ1) is 7.74. The van der Waals surface area contributed by atoms with Crippen molar-refractivity contribution in [3.05, 3.63) is 28.3 Å². The van der Waals surface area contributed by atoms with E-state index in [4.69, 9.17) is 21.2 Å². The fourth-order valence-corrected chi connectivity index (χ4v) is 2.35. The van der Waals surface area contributed by atoms with Gasteiger partial charge >= 0.3 is 0 Å². The zero-order valence-corrected chi connectivity index (χ0v) is 10.3. The number of aryl methyl sites for hydroxylation is 1. The van der Waals surface area contributed by atoms with Gasteiger partial charge in [0.25, 0.3) is 0 Å². The van der Waals surface area contributed by atoms with Gasteiger partial charge in [0, 0.05) is 10.6 Å². The van der Waals surface area contributed by atoms with Crippen LogP contribution in [0.2, 0.25) is 5.02 Å². The maximum Gasteiger partial charge on any atom is 0.128 e. The third-order valence-corrected chi connectivity index (χ3v) is 3.16. The lowest BCUT2D eigenvalue weighted by Gasteiger charge is -2.19. The largest absolute Gasteiger partial charge is 0.493 e. The fourth-order valence-electron chi connectivity index (χ4n) is 2.07. The summed E-state index contributed by atoms with van der Waals surface area (Å²) in [4.78, 5) is 5.02. The predicted molar refractivity (Wildman–Crippen MR) is 63.8 cm³/mol. The summed E-state index contributed by atoms with van der Waals surface area (Å²) in [5, 5.41) is 0.733. The summed E-state index contributed by atoms with van der Waals surface area (Å²) in [6, 6.07) is 4.00. The molecule has 88 valence electrons. The quantitative estimate of drug-likeness (QED) is 0.808. The van der Waals surface area contributed by atoms with Crippen molar-refractivity contribution in [2.75, 3.05) is 13.7 Å². The molecule has 1 unspecified atom stereocenters. The number of rotatable bonds is 2. The molecule has 16 heavy (non-hydrogen) atoms. The van der Waals surface area contributed by atoms with Gasteiger partial charge in [0.1, 0.15) is 5.75 Å². The van der Waals surface area contributed by atoms with Gasteiger partial charge in [0.05, 0.1) is 19.8 Å². The second kappa shape index (κ2) is 5.04. The minimum absolute atomic E-state index is 0.106. The van der Waals surface area contributed by atoms with Gasteiger partial charge in [0.15, 0.2) is 0 Å². The molecular weight excluding hydrogens is 226 g/mol. The van der Waals surface area contributed by atoms with Crippen molar-refractivity contribution >= 4 is 11.6 Å². The SMILES string of the molecule is CONC1CCCOc2c(C)ccc(Cl)c21. The summed E-state index contributed by atoms with van der Waals surface area (Å²) in [5.41, 5.74) is 5.11. The van der Waals surface area contributed by atoms with Gasteiger partial charge in [-0.15, -0.1) is 0 Å². The van der Waals surface area contributed by atoms with Crippen molar-refractivity contribution < 1.29 is 9.57 Å². The molecule has 1 aliphatic heterocycles. The number of benzene rings is 1. The molecule has 2 rings (SSSR count). The Morgan fingerprint density at radius 2 is 2.31 bits per heavy atom. The van der Waals surface area contributed by atoms with E-state index in [-0.39, 0.29) is 6.04 Å². The molecule has 0 saturated carbocycles. The number of nitrogens with one attached hydrogen (secondary N) is 1. The van der Waals surface area contributed by atoms with Crippen molar-refractivity contribution in [3.8, 4) is 5.75 Å². The molecule has 0 amide bonds. The lowest BCUT2D eigenvalue weighted by atomic mass is 10.0. The number of halogens is 1. The molecule has 1 heterocycles. The molecule has 1 aliphatic rings. The van der Waals surface area contributed by atoms with Crippen LogP contribution in [0, 0.1) is 6.92 Å². The van der Waals surface area contributed by atoms with Gasteiger partial charge in [-0.1, -0.05) is 17.7 Å². The Balaban J connectivity index is 2.46. The van der Waals surface area contributed by atoms with Crippen LogP contribution < -0.4 is 10.2 Å². The first-order valence-electron chi connectivity index (χ1n) is 5.44. The topological polar surface area (TPSA) is 30.5 Å². The molecule has 0 fully saturated rings. The van der Waals surface area contributed by atoms with Crippen molar-refractivity contribution in [1.82, 2.24) is 5.48 Å². The van der Waals surface area contributed by atoms with Crippen LogP contribution in [0.15, 0.2) is 12.1 Å². The Labute approximate surface area is 101 Å². The van der Waals surface area contributed by atoms with Crippen molar-refractivity contribution in [1.29, 1.82) is 0 Å². The van der Waals surface area contributed by atoms with E-state index < -0.39 is 0 Å². The molecule has 4 heteroatoms. The Morgan fingerprint density at radius 1 is 1.50 bits per heavy atom. The summed E-state index contributed by atoms with van der Waals surface area (Å²) in [6.45, 7) is 2.76. The maximum absolute atomic E-state index is 6.24. The number of hydrogen-bond acceptors (Lipinski definition) is 3. The number of ether oxygens (including phenoxy) is 1. The summed E-state index contributed by atoms with van der Waals surface area (Å²) in [6.07, 6.45) is 1.95. The number of fused-ring (bicyclic) bond motifs is 1. The van der Waals surface area contributed by atoms with Crippen LogP contribution >= 0.6 is 11.6 Å². The first kappa shape index (κ1) is 11.7. The van der Waals surface area contributed by atoms with Crippen LogP contribution in [-0.2, 0) is 4.84 Å². The standard InChI is InChI=1S/C12H16ClNO2/c1-8-5-6-9(13)11-10(14-15-2)4-3-7-16-12(8)11/h5-6,10,14H,3-4,7H2,1-2H3. The van der Waals surface area contributed by atoms with Gasteiger partial charge < -0.3 is 9.57 Å². The number of hydroxylamine groups is 1. The third kappa shape index (κ3) is 2.17. The Morgan fingerprint density at radius 3 is 3.06 bits per heavy atom. The average Bonchev–Trinajstić information content (AvgIpc) is 2.48. The van der Waals surface area contributed by atoms with E-state index in [2.05, 4.69) is 5.48 Å². The van der Waals surface area contributed by atoms with E-state index in [9.17, 15) is 0 Å². The lowest BCUT2D eigenvalue weighted by Crippen LogP contribution is -2.20. The van der Waals surface area contributed by atoms with Crippen molar-refractivity contribution in [3.63, 3.8) is 0 Å². The molecule has 0 bridgehead atoms. The van der Waals surface area contributed by atoms with Crippen molar-refractivity contribution in [2.24, 2.45) is 0 Å². The minimum atomic E-state index is 0.106. The van der Waals surface area contributed by atoms with E-state index in [1.165, 1.54) is 0 Å². The molecule has 0 spiro atoms. The first-order valence-corrected chi connectivity index (χ1v) is 5.82. The molecule has 0 saturated heterocycles. The maximum atomic E-state index is 6.24. The molecule has 1 atom stereocenters. The molecule has 1 aromatic rings. The van der Waals surface area contributed by atoms with E-state index in [1.807, 2.05) is 19.1 Å². The fraction of sp³-hybridized carbons (Fsp3) is 0.500. The van der Waals surface area contributed by atoms with Crippen LogP contribution in [0.1, 0.15) is 30.0 Å². The molecule has 0 radical (unpaired) electrons. The Hall–Kier alpha value is -0.770. The summed E-state index contributed by atoms with van der Waals surface area (Å²) < 4.78 is 5.76. The van der Waals surface area contributed by atoms with Gasteiger partial charge in [0.2, 0.25) is 0 Å². The van der Waals surface area contributed by atoms with Gasteiger partial charge in [-0.2, -0.15) is 5.48 Å². The van der Waals surface area contributed by atoms with E-state index >= 15 is 0 Å². The smallest absolute Gasteiger partial charge is 0.128 e. The highest BCUT2D eigenvalue weighted by Gasteiger charge is 2.23. The van der Waals surface area contributed by atoms with Crippen LogP contribution in [-0.4, -0.2) is 13.7 Å². The van der Waals surface area contributed by atoms with Crippen LogP contribution in [0.25, 0.3) is 0 Å². The van der Waals surface area contributed by atoms with E-state index in [0.717, 1.165) is 41.3 Å². The predicted octanol–water partition coefficient (Wildman–Crippen LogP) is 3.01. The van der Waals surface area contributed by atoms with Gasteiger partial charge in [-0.3, -0.25) is 0 Å². The van der Waals surface area contributed by atoms with E-state index in [1.54, 1.807) is 7.11 Å².